The summed E-state index contributed by atoms with van der Waals surface area (Å²) in [5.41, 5.74) is 1.32. The maximum atomic E-state index is 3.19. The van der Waals surface area contributed by atoms with E-state index in [2.05, 4.69) is 37.3 Å². The molecular formula is C11H9+. The van der Waals surface area contributed by atoms with Gasteiger partial charge in [-0.15, -0.1) is 0 Å². The zero-order chi connectivity index (χ0) is 7.68. The molecule has 1 aromatic carbocycles. The summed E-state index contributed by atoms with van der Waals surface area (Å²) in [6.07, 6.45) is 9.29. The molecular weight excluding hydrogens is 132 g/mol. The van der Waals surface area contributed by atoms with Crippen LogP contribution in [0.25, 0.3) is 12.2 Å². The number of hydrogen-bond acceptors (Lipinski definition) is 0. The third-order valence-electron chi connectivity index (χ3n) is 1.92. The normalized spacial score (nSPS) is 12.5. The summed E-state index contributed by atoms with van der Waals surface area (Å²) < 4.78 is 0. The molecule has 0 heteroatoms. The molecule has 1 aliphatic carbocycles. The molecule has 0 fully saturated rings. The van der Waals surface area contributed by atoms with Gasteiger partial charge in [-0.3, -0.25) is 0 Å². The third-order valence-corrected chi connectivity index (χ3v) is 1.92. The Kier molecular flexibility index (Phi) is 1.34. The first-order chi connectivity index (χ1) is 5.38. The fraction of sp³-hybridized carbons (Fsp3) is 0.0909. The Labute approximate surface area is 66.2 Å². The van der Waals surface area contributed by atoms with E-state index in [-0.39, 0.29) is 0 Å². The molecule has 0 atom stereocenters. The van der Waals surface area contributed by atoms with Crippen molar-refractivity contribution in [3.8, 4) is 0 Å². The first-order valence-electron chi connectivity index (χ1n) is 3.74. The second-order valence-corrected chi connectivity index (χ2v) is 2.71. The van der Waals surface area contributed by atoms with Gasteiger partial charge in [-0.1, -0.05) is 0 Å². The molecule has 0 amide bonds. The van der Waals surface area contributed by atoms with Crippen LogP contribution in [-0.4, -0.2) is 0 Å². The number of rotatable bonds is 0. The molecule has 0 bridgehead atoms. The number of aryl methyl sites for hydroxylation is 1. The first kappa shape index (κ1) is 6.33. The van der Waals surface area contributed by atoms with Crippen molar-refractivity contribution < 1.29 is 0 Å². The zero-order valence-corrected chi connectivity index (χ0v) is 6.46. The van der Waals surface area contributed by atoms with Crippen LogP contribution in [0.2, 0.25) is 0 Å². The van der Waals surface area contributed by atoms with Crippen molar-refractivity contribution in [1.29, 1.82) is 0 Å². The Morgan fingerprint density at radius 2 is 2.18 bits per heavy atom. The maximum absolute atomic E-state index is 3.19. The fourth-order valence-corrected chi connectivity index (χ4v) is 1.31. The summed E-state index contributed by atoms with van der Waals surface area (Å²) in [6.45, 7) is 2.12. The highest BCUT2D eigenvalue weighted by atomic mass is 13.9. The predicted molar refractivity (Wildman–Crippen MR) is 47.4 cm³/mol. The smallest absolute Gasteiger partial charge is 0.0388 e. The average Bonchev–Trinajstić information content (AvgIpc) is 2.06. The van der Waals surface area contributed by atoms with Gasteiger partial charge in [-0.05, 0) is 19.1 Å². The molecule has 0 saturated heterocycles. The second kappa shape index (κ2) is 2.34. The lowest BCUT2D eigenvalue weighted by atomic mass is 10.1. The topological polar surface area (TPSA) is 0 Å². The number of fused-ring (bicyclic) bond motifs is 1. The van der Waals surface area contributed by atoms with Gasteiger partial charge in [0, 0.05) is 29.9 Å². The van der Waals surface area contributed by atoms with Crippen molar-refractivity contribution in [2.45, 2.75) is 6.92 Å². The quantitative estimate of drug-likeness (QED) is 0.473. The minimum Gasteiger partial charge on any atom is -0.0388 e. The Balaban J connectivity index is 2.95. The van der Waals surface area contributed by atoms with Gasteiger partial charge in [-0.2, -0.15) is 0 Å². The van der Waals surface area contributed by atoms with Crippen LogP contribution in [0.4, 0.5) is 0 Å². The molecule has 0 nitrogen and oxygen atoms in total. The molecule has 0 heterocycles. The van der Waals surface area contributed by atoms with E-state index in [0.29, 0.717) is 0 Å². The highest BCUT2D eigenvalue weighted by molar-refractivity contribution is 5.53. The van der Waals surface area contributed by atoms with Crippen LogP contribution in [0.15, 0.2) is 30.4 Å². The van der Waals surface area contributed by atoms with E-state index in [1.807, 2.05) is 12.2 Å². The van der Waals surface area contributed by atoms with Gasteiger partial charge in [0.05, 0.1) is 11.3 Å². The van der Waals surface area contributed by atoms with Crippen molar-refractivity contribution in [3.63, 3.8) is 0 Å². The van der Waals surface area contributed by atoms with Crippen LogP contribution in [0, 0.1) is 6.92 Å². The molecule has 52 valence electrons. The average molecular weight is 141 g/mol. The highest BCUT2D eigenvalue weighted by Gasteiger charge is 1.98. The summed E-state index contributed by atoms with van der Waals surface area (Å²) in [5.74, 6) is 0. The number of allylic oxidation sites excluding steroid dienone is 2. The number of hydrogen-bond donors (Lipinski definition) is 0. The predicted octanol–water partition coefficient (Wildman–Crippen LogP) is 1.00. The molecule has 0 unspecified atom stereocenters. The molecule has 11 heavy (non-hydrogen) atoms. The molecule has 0 aromatic heterocycles. The van der Waals surface area contributed by atoms with Gasteiger partial charge >= 0.3 is 0 Å². The standard InChI is InChI=1S/C11H9/c1-9-5-4-7-10-6-2-3-8-11(9)10/h2-5,7-8H,1H3/q+1. The lowest BCUT2D eigenvalue weighted by molar-refractivity contribution is 1.37. The lowest BCUT2D eigenvalue weighted by Crippen LogP contribution is -2.27. The van der Waals surface area contributed by atoms with E-state index >= 15 is 0 Å². The summed E-state index contributed by atoms with van der Waals surface area (Å²) >= 11 is 0. The lowest BCUT2D eigenvalue weighted by Gasteiger charge is -1.88. The molecule has 2 rings (SSSR count). The van der Waals surface area contributed by atoms with E-state index in [4.69, 9.17) is 0 Å². The SMILES string of the molecule is Cc1cccc2c1=CC=C[C+]=2. The Morgan fingerprint density at radius 1 is 1.27 bits per heavy atom. The molecule has 1 aromatic rings. The molecule has 1 aliphatic rings. The van der Waals surface area contributed by atoms with Crippen LogP contribution in [0.1, 0.15) is 5.56 Å². The summed E-state index contributed by atoms with van der Waals surface area (Å²) in [7, 11) is 0. The largest absolute Gasteiger partial charge is 0.155 e. The number of benzene rings is 1. The van der Waals surface area contributed by atoms with E-state index in [0.717, 1.165) is 0 Å². The highest BCUT2D eigenvalue weighted by Crippen LogP contribution is 1.88. The summed E-state index contributed by atoms with van der Waals surface area (Å²) in [6, 6.07) is 6.27. The molecule has 0 aliphatic heterocycles. The maximum Gasteiger partial charge on any atom is 0.155 e. The van der Waals surface area contributed by atoms with Crippen LogP contribution in [0.5, 0.6) is 0 Å². The fourth-order valence-electron chi connectivity index (χ4n) is 1.31. The van der Waals surface area contributed by atoms with E-state index in [9.17, 15) is 0 Å². The zero-order valence-electron chi connectivity index (χ0n) is 6.46. The van der Waals surface area contributed by atoms with Crippen molar-refractivity contribution in [1.82, 2.24) is 0 Å². The van der Waals surface area contributed by atoms with Crippen LogP contribution in [-0.2, 0) is 0 Å². The van der Waals surface area contributed by atoms with E-state index in [1.54, 1.807) is 0 Å². The third kappa shape index (κ3) is 0.978. The van der Waals surface area contributed by atoms with Crippen LogP contribution < -0.4 is 10.4 Å². The summed E-state index contributed by atoms with van der Waals surface area (Å²) in [4.78, 5) is 0. The van der Waals surface area contributed by atoms with E-state index < -0.39 is 0 Å². The van der Waals surface area contributed by atoms with Crippen molar-refractivity contribution in [3.05, 3.63) is 46.4 Å². The van der Waals surface area contributed by atoms with Gasteiger partial charge in [-0.25, -0.2) is 0 Å². The van der Waals surface area contributed by atoms with Gasteiger partial charge in [0.15, 0.2) is 5.22 Å². The Bertz CT molecular complexity index is 408. The minimum absolute atomic E-state index is 1.20. The van der Waals surface area contributed by atoms with Gasteiger partial charge in [0.25, 0.3) is 0 Å². The molecule has 0 N–H and O–H groups in total. The van der Waals surface area contributed by atoms with Crippen LogP contribution >= 0.6 is 0 Å². The minimum atomic E-state index is 1.20. The molecule has 0 saturated carbocycles. The van der Waals surface area contributed by atoms with Crippen molar-refractivity contribution in [2.24, 2.45) is 0 Å². The van der Waals surface area contributed by atoms with Gasteiger partial charge in [0.2, 0.25) is 0 Å². The molecule has 0 radical (unpaired) electrons. The van der Waals surface area contributed by atoms with Crippen LogP contribution in [0.3, 0.4) is 0 Å². The van der Waals surface area contributed by atoms with Crippen molar-refractivity contribution in [2.75, 3.05) is 0 Å². The second-order valence-electron chi connectivity index (χ2n) is 2.71. The van der Waals surface area contributed by atoms with Gasteiger partial charge in [0.1, 0.15) is 0 Å². The first-order valence-corrected chi connectivity index (χ1v) is 3.74. The van der Waals surface area contributed by atoms with Gasteiger partial charge < -0.3 is 0 Å². The Hall–Kier alpha value is -1.39. The monoisotopic (exact) mass is 141 g/mol. The van der Waals surface area contributed by atoms with E-state index in [1.165, 1.54) is 16.0 Å². The Morgan fingerprint density at radius 3 is 3.00 bits per heavy atom. The van der Waals surface area contributed by atoms with Crippen molar-refractivity contribution >= 4 is 12.2 Å². The molecule has 0 spiro atoms. The summed E-state index contributed by atoms with van der Waals surface area (Å²) in [5, 5.41) is 2.50.